The van der Waals surface area contributed by atoms with Crippen molar-refractivity contribution in [1.29, 1.82) is 0 Å². The Morgan fingerprint density at radius 3 is 2.17 bits per heavy atom. The van der Waals surface area contributed by atoms with Crippen LogP contribution in [-0.4, -0.2) is 21.2 Å². The van der Waals surface area contributed by atoms with Crippen LogP contribution in [0.3, 0.4) is 0 Å². The number of hydrogen-bond acceptors (Lipinski definition) is 1. The first kappa shape index (κ1) is 17.6. The summed E-state index contributed by atoms with van der Waals surface area (Å²) < 4.78 is 50.9. The molecule has 0 saturated carbocycles. The predicted molar refractivity (Wildman–Crippen MR) is 69.5 cm³/mol. The van der Waals surface area contributed by atoms with Gasteiger partial charge in [0.25, 0.3) is 0 Å². The Hall–Kier alpha value is -0.360. The maximum Gasteiger partial charge on any atom is 0.389 e. The summed E-state index contributed by atoms with van der Waals surface area (Å²) in [6.45, 7) is 10.7. The molecule has 0 rings (SSSR count). The summed E-state index contributed by atoms with van der Waals surface area (Å²) in [5.74, 6) is -0.168. The Kier molecular flexibility index (Phi) is 6.57. The fraction of sp³-hybridized carbons (Fsp3) is 0.833. The quantitative estimate of drug-likeness (QED) is 0.743. The highest BCUT2D eigenvalue weighted by Crippen LogP contribution is 2.25. The Bertz CT molecular complexity index is 297. The molecule has 1 N–H and O–H groups in total. The van der Waals surface area contributed by atoms with E-state index in [0.29, 0.717) is 0 Å². The van der Waals surface area contributed by atoms with Crippen molar-refractivity contribution >= 4 is 11.0 Å². The van der Waals surface area contributed by atoms with Crippen molar-refractivity contribution < 1.29 is 17.4 Å². The van der Waals surface area contributed by atoms with Gasteiger partial charge >= 0.3 is 6.18 Å². The summed E-state index contributed by atoms with van der Waals surface area (Å²) in [6.07, 6.45) is -3.60. The van der Waals surface area contributed by atoms with E-state index >= 15 is 0 Å². The second-order valence-corrected chi connectivity index (χ2v) is 7.35. The lowest BCUT2D eigenvalue weighted by molar-refractivity contribution is -0.136. The van der Waals surface area contributed by atoms with Crippen LogP contribution < -0.4 is 4.72 Å². The lowest BCUT2D eigenvalue weighted by Crippen LogP contribution is -2.43. The number of halogens is 3. The van der Waals surface area contributed by atoms with Crippen LogP contribution in [0.2, 0.25) is 0 Å². The number of rotatable bonds is 6. The number of nitrogens with one attached hydrogen (secondary N) is 1. The lowest BCUT2D eigenvalue weighted by Gasteiger charge is -2.27. The van der Waals surface area contributed by atoms with E-state index in [9.17, 15) is 17.4 Å². The summed E-state index contributed by atoms with van der Waals surface area (Å²) >= 11 is 0. The molecule has 0 bridgehead atoms. The third-order valence-corrected chi connectivity index (χ3v) is 4.19. The highest BCUT2D eigenvalue weighted by Gasteiger charge is 2.31. The maximum atomic E-state index is 12.2. The molecule has 0 aromatic rings. The molecule has 0 aliphatic carbocycles. The summed E-state index contributed by atoms with van der Waals surface area (Å²) in [5, 5.41) is 0. The second kappa shape index (κ2) is 6.70. The van der Waals surface area contributed by atoms with Gasteiger partial charge in [0.1, 0.15) is 0 Å². The number of hydrogen-bond donors (Lipinski definition) is 1. The Balaban J connectivity index is 4.61. The van der Waals surface area contributed by atoms with Gasteiger partial charge < -0.3 is 0 Å². The summed E-state index contributed by atoms with van der Waals surface area (Å²) in [7, 11) is -1.38. The van der Waals surface area contributed by atoms with Gasteiger partial charge in [0.05, 0.1) is 15.7 Å². The summed E-state index contributed by atoms with van der Waals surface area (Å²) in [5.41, 5.74) is 0. The highest BCUT2D eigenvalue weighted by molar-refractivity contribution is 7.84. The number of alkyl halides is 3. The monoisotopic (exact) mass is 285 g/mol. The topological polar surface area (TPSA) is 29.1 Å². The molecule has 0 aliphatic rings. The van der Waals surface area contributed by atoms with Gasteiger partial charge in [-0.1, -0.05) is 13.0 Å². The predicted octanol–water partition coefficient (Wildman–Crippen LogP) is 3.57. The van der Waals surface area contributed by atoms with Crippen molar-refractivity contribution in [2.45, 2.75) is 57.5 Å². The van der Waals surface area contributed by atoms with Crippen molar-refractivity contribution in [3.63, 3.8) is 0 Å². The molecular weight excluding hydrogens is 263 g/mol. The van der Waals surface area contributed by atoms with E-state index in [0.717, 1.165) is 0 Å². The van der Waals surface area contributed by atoms with Crippen molar-refractivity contribution in [3.05, 3.63) is 12.7 Å². The van der Waals surface area contributed by atoms with Crippen LogP contribution in [0.5, 0.6) is 0 Å². The lowest BCUT2D eigenvalue weighted by atomic mass is 9.98. The molecule has 3 unspecified atom stereocenters. The van der Waals surface area contributed by atoms with Crippen molar-refractivity contribution in [3.8, 4) is 0 Å². The van der Waals surface area contributed by atoms with E-state index < -0.39 is 34.4 Å². The summed E-state index contributed by atoms with van der Waals surface area (Å²) in [6, 6.07) is -0.482. The molecule has 0 saturated heterocycles. The van der Waals surface area contributed by atoms with Crippen LogP contribution in [0.25, 0.3) is 0 Å². The third-order valence-electron chi connectivity index (χ3n) is 2.56. The summed E-state index contributed by atoms with van der Waals surface area (Å²) in [4.78, 5) is 0. The molecule has 108 valence electrons. The van der Waals surface area contributed by atoms with E-state index in [4.69, 9.17) is 0 Å². The molecule has 0 heterocycles. The molecule has 2 nitrogen and oxygen atoms in total. The molecule has 0 fully saturated rings. The third kappa shape index (κ3) is 7.16. The van der Waals surface area contributed by atoms with Crippen LogP contribution in [0, 0.1) is 5.92 Å². The second-order valence-electron chi connectivity index (χ2n) is 5.35. The van der Waals surface area contributed by atoms with Crippen molar-refractivity contribution in [2.24, 2.45) is 5.92 Å². The molecule has 0 amide bonds. The SMILES string of the molecule is C=CC(C)C(CCC(F)(F)F)NS(=O)C(C)(C)C. The van der Waals surface area contributed by atoms with Crippen LogP contribution in [0.4, 0.5) is 13.2 Å². The fourth-order valence-electron chi connectivity index (χ4n) is 1.23. The minimum atomic E-state index is -4.19. The highest BCUT2D eigenvalue weighted by atomic mass is 32.2. The minimum Gasteiger partial charge on any atom is -0.242 e. The van der Waals surface area contributed by atoms with E-state index in [-0.39, 0.29) is 12.3 Å². The van der Waals surface area contributed by atoms with Gasteiger partial charge in [-0.25, -0.2) is 8.93 Å². The standard InChI is InChI=1S/C12H22F3NOS/c1-6-9(2)10(7-8-12(13,14)15)16-18(17)11(3,4)5/h6,9-10,16H,1,7-8H2,2-5H3. The van der Waals surface area contributed by atoms with Crippen LogP contribution >= 0.6 is 0 Å². The molecule has 0 aromatic carbocycles. The Labute approximate surface area is 110 Å². The van der Waals surface area contributed by atoms with Gasteiger partial charge in [0.15, 0.2) is 0 Å². The molecular formula is C12H22F3NOS. The molecule has 3 atom stereocenters. The molecule has 0 aliphatic heterocycles. The smallest absolute Gasteiger partial charge is 0.242 e. The van der Waals surface area contributed by atoms with Gasteiger partial charge in [-0.15, -0.1) is 6.58 Å². The average Bonchev–Trinajstić information content (AvgIpc) is 2.19. The van der Waals surface area contributed by atoms with Crippen LogP contribution in [0.15, 0.2) is 12.7 Å². The molecule has 0 spiro atoms. The van der Waals surface area contributed by atoms with Gasteiger partial charge in [-0.2, -0.15) is 13.2 Å². The van der Waals surface area contributed by atoms with E-state index in [1.165, 1.54) is 0 Å². The Morgan fingerprint density at radius 2 is 1.83 bits per heavy atom. The fourth-order valence-corrected chi connectivity index (χ4v) is 2.19. The molecule has 6 heteroatoms. The minimum absolute atomic E-state index is 0.0987. The first-order chi connectivity index (χ1) is 7.97. The molecule has 0 aromatic heterocycles. The van der Waals surface area contributed by atoms with Crippen LogP contribution in [-0.2, 0) is 11.0 Å². The van der Waals surface area contributed by atoms with Crippen molar-refractivity contribution in [1.82, 2.24) is 4.72 Å². The average molecular weight is 285 g/mol. The zero-order valence-electron chi connectivity index (χ0n) is 11.3. The van der Waals surface area contributed by atoms with Gasteiger partial charge in [0, 0.05) is 12.5 Å². The van der Waals surface area contributed by atoms with E-state index in [1.807, 2.05) is 0 Å². The normalized spacial score (nSPS) is 18.2. The zero-order chi connectivity index (χ0) is 14.6. The zero-order valence-corrected chi connectivity index (χ0v) is 12.1. The maximum absolute atomic E-state index is 12.2. The van der Waals surface area contributed by atoms with Crippen molar-refractivity contribution in [2.75, 3.05) is 0 Å². The molecule has 0 radical (unpaired) electrons. The van der Waals surface area contributed by atoms with E-state index in [2.05, 4.69) is 11.3 Å². The largest absolute Gasteiger partial charge is 0.389 e. The van der Waals surface area contributed by atoms with Gasteiger partial charge in [0.2, 0.25) is 0 Å². The Morgan fingerprint density at radius 1 is 1.33 bits per heavy atom. The van der Waals surface area contributed by atoms with E-state index in [1.54, 1.807) is 33.8 Å². The van der Waals surface area contributed by atoms with Crippen LogP contribution in [0.1, 0.15) is 40.5 Å². The van der Waals surface area contributed by atoms with Gasteiger partial charge in [-0.3, -0.25) is 0 Å². The van der Waals surface area contributed by atoms with Gasteiger partial charge in [-0.05, 0) is 33.1 Å². The molecule has 18 heavy (non-hydrogen) atoms. The first-order valence-electron chi connectivity index (χ1n) is 5.84. The first-order valence-corrected chi connectivity index (χ1v) is 6.99.